The molecule has 8 nitrogen and oxygen atoms in total. The lowest BCUT2D eigenvalue weighted by molar-refractivity contribution is 0.0525. The summed E-state index contributed by atoms with van der Waals surface area (Å²) in [5.41, 5.74) is 1.80. The maximum absolute atomic E-state index is 11.7. The Hall–Kier alpha value is -2.01. The van der Waals surface area contributed by atoms with Crippen LogP contribution in [-0.4, -0.2) is 51.1 Å². The number of rotatable bonds is 5. The number of benzene rings is 1. The van der Waals surface area contributed by atoms with Crippen molar-refractivity contribution in [2.75, 3.05) is 19.8 Å². The Balaban J connectivity index is 1.33. The number of nitrogens with zero attached hydrogens (tertiary/aromatic N) is 2. The van der Waals surface area contributed by atoms with Crippen LogP contribution in [0.1, 0.15) is 61.7 Å². The third kappa shape index (κ3) is 5.92. The van der Waals surface area contributed by atoms with Gasteiger partial charge in [0.15, 0.2) is 0 Å². The molecule has 180 valence electrons. The van der Waals surface area contributed by atoms with Crippen molar-refractivity contribution in [2.45, 2.75) is 58.1 Å². The molecule has 33 heavy (non-hydrogen) atoms. The van der Waals surface area contributed by atoms with E-state index in [-0.39, 0.29) is 23.3 Å². The van der Waals surface area contributed by atoms with Crippen molar-refractivity contribution in [3.63, 3.8) is 0 Å². The second kappa shape index (κ2) is 10.1. The fourth-order valence-corrected chi connectivity index (χ4v) is 5.93. The standard InChI is InChI=1S/C23H30N2O6S2/c1-23(2,3)20-10-16(8-9-25(20)22(26)27)21-24-18(14-32-21)13-29-19-6-4-15(5-7-19)17-11-30-33(28)31-12-17/h4-7,14,16-17,20H,8-13H2,1-3H3,(H,26,27)/t16-,17?,20-,33?/m0/s1. The Morgan fingerprint density at radius 2 is 1.94 bits per heavy atom. The lowest BCUT2D eigenvalue weighted by Crippen LogP contribution is -2.51. The van der Waals surface area contributed by atoms with E-state index in [0.717, 1.165) is 34.9 Å². The van der Waals surface area contributed by atoms with Gasteiger partial charge in [0, 0.05) is 29.8 Å². The molecule has 0 bridgehead atoms. The van der Waals surface area contributed by atoms with Gasteiger partial charge in [0.1, 0.15) is 12.4 Å². The van der Waals surface area contributed by atoms with E-state index in [4.69, 9.17) is 18.1 Å². The minimum atomic E-state index is -1.63. The summed E-state index contributed by atoms with van der Waals surface area (Å²) in [4.78, 5) is 18.1. The Morgan fingerprint density at radius 1 is 1.24 bits per heavy atom. The average Bonchev–Trinajstić information content (AvgIpc) is 3.27. The van der Waals surface area contributed by atoms with Crippen molar-refractivity contribution >= 4 is 28.8 Å². The largest absolute Gasteiger partial charge is 0.487 e. The molecule has 4 rings (SSSR count). The molecule has 0 aliphatic carbocycles. The molecule has 1 aromatic carbocycles. The molecule has 1 amide bonds. The first kappa shape index (κ1) is 24.1. The third-order valence-corrected chi connectivity index (χ3v) is 7.95. The molecule has 0 radical (unpaired) electrons. The second-order valence-electron chi connectivity index (χ2n) is 9.58. The molecule has 10 heteroatoms. The number of piperidine rings is 1. The van der Waals surface area contributed by atoms with Crippen LogP contribution < -0.4 is 4.74 Å². The van der Waals surface area contributed by atoms with Crippen molar-refractivity contribution in [1.82, 2.24) is 9.88 Å². The van der Waals surface area contributed by atoms with E-state index >= 15 is 0 Å². The topological polar surface area (TPSA) is 98.2 Å². The molecule has 0 saturated carbocycles. The van der Waals surface area contributed by atoms with Crippen LogP contribution in [0, 0.1) is 5.41 Å². The Bertz CT molecular complexity index is 978. The predicted molar refractivity (Wildman–Crippen MR) is 126 cm³/mol. The molecule has 2 aromatic rings. The predicted octanol–water partition coefficient (Wildman–Crippen LogP) is 4.70. The number of carbonyl (C=O) groups is 1. The quantitative estimate of drug-likeness (QED) is 0.643. The summed E-state index contributed by atoms with van der Waals surface area (Å²) in [6, 6.07) is 7.72. The lowest BCUT2D eigenvalue weighted by Gasteiger charge is -2.44. The zero-order chi connectivity index (χ0) is 23.6. The lowest BCUT2D eigenvalue weighted by atomic mass is 9.77. The van der Waals surface area contributed by atoms with Crippen LogP contribution in [0.4, 0.5) is 4.79 Å². The first-order chi connectivity index (χ1) is 15.7. The number of hydrogen-bond acceptors (Lipinski definition) is 7. The van der Waals surface area contributed by atoms with Crippen LogP contribution in [0.15, 0.2) is 29.6 Å². The van der Waals surface area contributed by atoms with Gasteiger partial charge >= 0.3 is 17.5 Å². The van der Waals surface area contributed by atoms with E-state index in [0.29, 0.717) is 26.4 Å². The van der Waals surface area contributed by atoms with E-state index in [1.165, 1.54) is 0 Å². The molecule has 2 aliphatic heterocycles. The van der Waals surface area contributed by atoms with Gasteiger partial charge in [-0.05, 0) is 36.0 Å². The Labute approximate surface area is 200 Å². The third-order valence-electron chi connectivity index (χ3n) is 6.24. The highest BCUT2D eigenvalue weighted by Crippen LogP contribution is 2.40. The summed E-state index contributed by atoms with van der Waals surface area (Å²) < 4.78 is 27.2. The summed E-state index contributed by atoms with van der Waals surface area (Å²) in [7, 11) is 0. The van der Waals surface area contributed by atoms with E-state index in [2.05, 4.69) is 20.8 Å². The first-order valence-electron chi connectivity index (χ1n) is 11.1. The highest BCUT2D eigenvalue weighted by molar-refractivity contribution is 7.75. The van der Waals surface area contributed by atoms with Crippen LogP contribution >= 0.6 is 11.3 Å². The fraction of sp³-hybridized carbons (Fsp3) is 0.565. The number of hydrogen-bond donors (Lipinski definition) is 1. The van der Waals surface area contributed by atoms with Gasteiger partial charge < -0.3 is 14.7 Å². The molecule has 2 atom stereocenters. The maximum Gasteiger partial charge on any atom is 0.407 e. The molecule has 3 heterocycles. The molecule has 2 fully saturated rings. The van der Waals surface area contributed by atoms with Gasteiger partial charge in [-0.15, -0.1) is 11.3 Å². The van der Waals surface area contributed by atoms with Gasteiger partial charge in [-0.3, -0.25) is 8.37 Å². The van der Waals surface area contributed by atoms with Gasteiger partial charge in [-0.2, -0.15) is 4.21 Å². The maximum atomic E-state index is 11.7. The van der Waals surface area contributed by atoms with E-state index in [1.54, 1.807) is 16.2 Å². The van der Waals surface area contributed by atoms with Gasteiger partial charge in [0.05, 0.1) is 23.9 Å². The zero-order valence-electron chi connectivity index (χ0n) is 19.1. The van der Waals surface area contributed by atoms with Crippen molar-refractivity contribution in [1.29, 1.82) is 0 Å². The summed E-state index contributed by atoms with van der Waals surface area (Å²) in [5, 5.41) is 12.7. The fourth-order valence-electron chi connectivity index (χ4n) is 4.36. The zero-order valence-corrected chi connectivity index (χ0v) is 20.7. The van der Waals surface area contributed by atoms with Gasteiger partial charge in [-0.25, -0.2) is 9.78 Å². The molecule has 1 N–H and O–H groups in total. The minimum Gasteiger partial charge on any atom is -0.487 e. The summed E-state index contributed by atoms with van der Waals surface area (Å²) in [5.74, 6) is 1.07. The molecule has 0 spiro atoms. The van der Waals surface area contributed by atoms with Crippen LogP contribution in [0.25, 0.3) is 0 Å². The average molecular weight is 495 g/mol. The van der Waals surface area contributed by atoms with Crippen molar-refractivity contribution < 1.29 is 27.2 Å². The number of amides is 1. The monoisotopic (exact) mass is 494 g/mol. The normalized spacial score (nSPS) is 26.2. The van der Waals surface area contributed by atoms with Crippen molar-refractivity contribution in [3.8, 4) is 5.75 Å². The van der Waals surface area contributed by atoms with E-state index in [9.17, 15) is 14.1 Å². The van der Waals surface area contributed by atoms with Crippen LogP contribution in [0.2, 0.25) is 0 Å². The van der Waals surface area contributed by atoms with Gasteiger partial charge in [0.25, 0.3) is 0 Å². The van der Waals surface area contributed by atoms with Crippen molar-refractivity contribution in [2.24, 2.45) is 5.41 Å². The van der Waals surface area contributed by atoms with E-state index in [1.807, 2.05) is 29.6 Å². The minimum absolute atomic E-state index is 0.0316. The summed E-state index contributed by atoms with van der Waals surface area (Å²) in [6.45, 7) is 7.94. The van der Waals surface area contributed by atoms with E-state index < -0.39 is 17.5 Å². The van der Waals surface area contributed by atoms with Crippen LogP contribution in [-0.2, 0) is 26.3 Å². The number of ether oxygens (including phenoxy) is 1. The summed E-state index contributed by atoms with van der Waals surface area (Å²) >= 11 is -0.00801. The molecule has 1 aromatic heterocycles. The molecular weight excluding hydrogens is 464 g/mol. The second-order valence-corrected chi connectivity index (χ2v) is 11.4. The van der Waals surface area contributed by atoms with Crippen LogP contribution in [0.3, 0.4) is 0 Å². The van der Waals surface area contributed by atoms with Crippen molar-refractivity contribution in [3.05, 3.63) is 45.9 Å². The highest BCUT2D eigenvalue weighted by Gasteiger charge is 2.39. The number of carboxylic acid groups (broad SMARTS) is 1. The molecule has 2 saturated heterocycles. The smallest absolute Gasteiger partial charge is 0.407 e. The number of likely N-dealkylation sites (tertiary alicyclic amines) is 1. The molecular formula is C23H30N2O6S2. The van der Waals surface area contributed by atoms with Gasteiger partial charge in [0.2, 0.25) is 0 Å². The first-order valence-corrected chi connectivity index (χ1v) is 12.9. The number of aromatic nitrogens is 1. The molecule has 2 aliphatic rings. The SMILES string of the molecule is CC(C)(C)[C@@H]1C[C@@H](c2nc(COc3ccc(C4COS(=O)OC4)cc3)cs2)CCN1C(=O)O. The Morgan fingerprint density at radius 3 is 2.58 bits per heavy atom. The number of thiazole rings is 1. The Kier molecular flexibility index (Phi) is 7.37. The van der Waals surface area contributed by atoms with Gasteiger partial charge in [-0.1, -0.05) is 32.9 Å². The summed E-state index contributed by atoms with van der Waals surface area (Å²) in [6.07, 6.45) is 0.731. The highest BCUT2D eigenvalue weighted by atomic mass is 32.2. The van der Waals surface area contributed by atoms with Crippen LogP contribution in [0.5, 0.6) is 5.75 Å². The molecule has 0 unspecified atom stereocenters.